The lowest BCUT2D eigenvalue weighted by Crippen LogP contribution is -2.25. The van der Waals surface area contributed by atoms with Crippen molar-refractivity contribution in [2.24, 2.45) is 0 Å². The van der Waals surface area contributed by atoms with Crippen LogP contribution in [0.25, 0.3) is 0 Å². The third kappa shape index (κ3) is 3.27. The van der Waals surface area contributed by atoms with Crippen molar-refractivity contribution in [2.75, 3.05) is 6.54 Å². The summed E-state index contributed by atoms with van der Waals surface area (Å²) in [5, 5.41) is 7.89. The zero-order valence-electron chi connectivity index (χ0n) is 11.0. The molecule has 1 aromatic carbocycles. The second kappa shape index (κ2) is 6.68. The van der Waals surface area contributed by atoms with E-state index in [0.29, 0.717) is 0 Å². The van der Waals surface area contributed by atoms with Gasteiger partial charge in [0.2, 0.25) is 0 Å². The van der Waals surface area contributed by atoms with Crippen LogP contribution in [0.2, 0.25) is 0 Å². The molecule has 1 heterocycles. The maximum absolute atomic E-state index is 4.36. The molecule has 0 saturated carbocycles. The fourth-order valence-electron chi connectivity index (χ4n) is 2.17. The Hall–Kier alpha value is -0.650. The molecular formula is C14H17Br2N3. The van der Waals surface area contributed by atoms with E-state index in [9.17, 15) is 0 Å². The van der Waals surface area contributed by atoms with Gasteiger partial charge in [0.05, 0.1) is 11.7 Å². The van der Waals surface area contributed by atoms with Gasteiger partial charge in [0.1, 0.15) is 0 Å². The number of aryl methyl sites for hydroxylation is 1. The zero-order valence-corrected chi connectivity index (χ0v) is 14.2. The minimum atomic E-state index is 0.148. The summed E-state index contributed by atoms with van der Waals surface area (Å²) in [6.07, 6.45) is 1.86. The number of nitrogens with zero attached hydrogens (tertiary/aromatic N) is 2. The van der Waals surface area contributed by atoms with Crippen LogP contribution in [0.1, 0.15) is 31.1 Å². The van der Waals surface area contributed by atoms with Crippen LogP contribution in [-0.2, 0) is 6.54 Å². The van der Waals surface area contributed by atoms with Gasteiger partial charge in [-0.3, -0.25) is 4.68 Å². The summed E-state index contributed by atoms with van der Waals surface area (Å²) in [5.74, 6) is 0. The number of rotatable bonds is 5. The molecular weight excluding hydrogens is 370 g/mol. The van der Waals surface area contributed by atoms with Crippen LogP contribution in [0.5, 0.6) is 0 Å². The van der Waals surface area contributed by atoms with Gasteiger partial charge in [0.15, 0.2) is 0 Å². The standard InChI is InChI=1S/C14H17Br2N3/c1-3-17-14(13-7-8-18-19(13)4-2)11-6-5-10(15)9-12(11)16/h5-9,14,17H,3-4H2,1-2H3. The van der Waals surface area contributed by atoms with Crippen molar-refractivity contribution in [1.29, 1.82) is 0 Å². The van der Waals surface area contributed by atoms with Crippen LogP contribution in [0, 0.1) is 0 Å². The van der Waals surface area contributed by atoms with Crippen molar-refractivity contribution >= 4 is 31.9 Å². The highest BCUT2D eigenvalue weighted by Gasteiger charge is 2.19. The van der Waals surface area contributed by atoms with Gasteiger partial charge in [0.25, 0.3) is 0 Å². The molecule has 2 rings (SSSR count). The number of nitrogens with one attached hydrogen (secondary N) is 1. The average molecular weight is 387 g/mol. The molecule has 3 nitrogen and oxygen atoms in total. The molecule has 102 valence electrons. The van der Waals surface area contributed by atoms with Crippen LogP contribution in [0.15, 0.2) is 39.4 Å². The Bertz CT molecular complexity index is 551. The van der Waals surface area contributed by atoms with E-state index in [4.69, 9.17) is 0 Å². The lowest BCUT2D eigenvalue weighted by atomic mass is 10.0. The average Bonchev–Trinajstić information content (AvgIpc) is 2.85. The van der Waals surface area contributed by atoms with E-state index in [0.717, 1.165) is 22.0 Å². The van der Waals surface area contributed by atoms with Crippen molar-refractivity contribution in [3.63, 3.8) is 0 Å². The van der Waals surface area contributed by atoms with E-state index in [1.54, 1.807) is 0 Å². The van der Waals surface area contributed by atoms with Crippen LogP contribution in [0.3, 0.4) is 0 Å². The summed E-state index contributed by atoms with van der Waals surface area (Å²) in [5.41, 5.74) is 2.41. The molecule has 19 heavy (non-hydrogen) atoms. The molecule has 1 N–H and O–H groups in total. The van der Waals surface area contributed by atoms with Crippen molar-refractivity contribution in [1.82, 2.24) is 15.1 Å². The quantitative estimate of drug-likeness (QED) is 0.837. The van der Waals surface area contributed by atoms with Crippen LogP contribution in [-0.4, -0.2) is 16.3 Å². The minimum Gasteiger partial charge on any atom is -0.305 e. The van der Waals surface area contributed by atoms with Gasteiger partial charge in [-0.15, -0.1) is 0 Å². The number of hydrogen-bond acceptors (Lipinski definition) is 2. The van der Waals surface area contributed by atoms with E-state index in [2.05, 4.69) is 80.4 Å². The van der Waals surface area contributed by atoms with E-state index < -0.39 is 0 Å². The Kier molecular flexibility index (Phi) is 5.19. The molecule has 1 aromatic heterocycles. The Morgan fingerprint density at radius 3 is 2.68 bits per heavy atom. The predicted octanol–water partition coefficient (Wildman–Crippen LogP) is 4.13. The number of hydrogen-bond donors (Lipinski definition) is 1. The first-order valence-corrected chi connectivity index (χ1v) is 7.96. The Balaban J connectivity index is 2.45. The molecule has 0 fully saturated rings. The highest BCUT2D eigenvalue weighted by Crippen LogP contribution is 2.30. The summed E-state index contributed by atoms with van der Waals surface area (Å²) >= 11 is 7.14. The molecule has 0 saturated heterocycles. The van der Waals surface area contributed by atoms with E-state index >= 15 is 0 Å². The second-order valence-electron chi connectivity index (χ2n) is 4.23. The topological polar surface area (TPSA) is 29.9 Å². The van der Waals surface area contributed by atoms with E-state index in [-0.39, 0.29) is 6.04 Å². The summed E-state index contributed by atoms with van der Waals surface area (Å²) in [4.78, 5) is 0. The summed E-state index contributed by atoms with van der Waals surface area (Å²) in [7, 11) is 0. The molecule has 2 aromatic rings. The van der Waals surface area contributed by atoms with Crippen molar-refractivity contribution in [2.45, 2.75) is 26.4 Å². The third-order valence-corrected chi connectivity index (χ3v) is 4.21. The van der Waals surface area contributed by atoms with E-state index in [1.165, 1.54) is 11.3 Å². The molecule has 0 radical (unpaired) electrons. The minimum absolute atomic E-state index is 0.148. The molecule has 0 amide bonds. The maximum Gasteiger partial charge on any atom is 0.0759 e. The first kappa shape index (κ1) is 14.8. The number of halogens is 2. The van der Waals surface area contributed by atoms with Gasteiger partial charge in [-0.05, 0) is 37.2 Å². The highest BCUT2D eigenvalue weighted by molar-refractivity contribution is 9.11. The molecule has 0 aliphatic carbocycles. The summed E-state index contributed by atoms with van der Waals surface area (Å²) in [6, 6.07) is 8.50. The van der Waals surface area contributed by atoms with E-state index in [1.807, 2.05) is 10.9 Å². The molecule has 0 aliphatic heterocycles. The fraction of sp³-hybridized carbons (Fsp3) is 0.357. The lowest BCUT2D eigenvalue weighted by Gasteiger charge is -2.21. The van der Waals surface area contributed by atoms with Crippen LogP contribution < -0.4 is 5.32 Å². The van der Waals surface area contributed by atoms with Crippen LogP contribution in [0.4, 0.5) is 0 Å². The number of benzene rings is 1. The van der Waals surface area contributed by atoms with Gasteiger partial charge in [-0.1, -0.05) is 44.8 Å². The van der Waals surface area contributed by atoms with Gasteiger partial charge >= 0.3 is 0 Å². The first-order valence-electron chi connectivity index (χ1n) is 6.37. The van der Waals surface area contributed by atoms with Gasteiger partial charge in [-0.25, -0.2) is 0 Å². The summed E-state index contributed by atoms with van der Waals surface area (Å²) in [6.45, 7) is 6.00. The normalized spacial score (nSPS) is 12.6. The zero-order chi connectivity index (χ0) is 13.8. The molecule has 5 heteroatoms. The van der Waals surface area contributed by atoms with Crippen molar-refractivity contribution < 1.29 is 0 Å². The SMILES string of the molecule is CCNC(c1ccc(Br)cc1Br)c1ccnn1CC. The van der Waals surface area contributed by atoms with Gasteiger partial charge in [-0.2, -0.15) is 5.10 Å². The number of aromatic nitrogens is 2. The summed E-state index contributed by atoms with van der Waals surface area (Å²) < 4.78 is 4.20. The molecule has 1 atom stereocenters. The molecule has 0 aliphatic rings. The fourth-order valence-corrected chi connectivity index (χ4v) is 3.44. The monoisotopic (exact) mass is 385 g/mol. The highest BCUT2D eigenvalue weighted by atomic mass is 79.9. The van der Waals surface area contributed by atoms with Crippen molar-refractivity contribution in [3.05, 3.63) is 50.7 Å². The third-order valence-electron chi connectivity index (χ3n) is 3.03. The second-order valence-corrected chi connectivity index (χ2v) is 6.00. The smallest absolute Gasteiger partial charge is 0.0759 e. The largest absolute Gasteiger partial charge is 0.305 e. The Morgan fingerprint density at radius 1 is 1.26 bits per heavy atom. The lowest BCUT2D eigenvalue weighted by molar-refractivity contribution is 0.541. The molecule has 0 spiro atoms. The maximum atomic E-state index is 4.36. The molecule has 1 unspecified atom stereocenters. The van der Waals surface area contributed by atoms with Gasteiger partial charge in [0, 0.05) is 21.7 Å². The Morgan fingerprint density at radius 2 is 2.05 bits per heavy atom. The van der Waals surface area contributed by atoms with Crippen molar-refractivity contribution in [3.8, 4) is 0 Å². The van der Waals surface area contributed by atoms with Crippen LogP contribution >= 0.6 is 31.9 Å². The predicted molar refractivity (Wildman–Crippen MR) is 85.3 cm³/mol. The Labute approximate surface area is 130 Å². The first-order chi connectivity index (χ1) is 9.17. The molecule has 0 bridgehead atoms. The van der Waals surface area contributed by atoms with Gasteiger partial charge < -0.3 is 5.32 Å².